The lowest BCUT2D eigenvalue weighted by Gasteiger charge is -2.32. The first-order chi connectivity index (χ1) is 9.65. The van der Waals surface area contributed by atoms with Gasteiger partial charge in [0.25, 0.3) is 0 Å². The minimum absolute atomic E-state index is 0.218. The van der Waals surface area contributed by atoms with Crippen molar-refractivity contribution in [3.8, 4) is 0 Å². The van der Waals surface area contributed by atoms with Crippen molar-refractivity contribution in [1.82, 2.24) is 0 Å². The van der Waals surface area contributed by atoms with E-state index in [2.05, 4.69) is 30.0 Å². The Morgan fingerprint density at radius 2 is 2.10 bits per heavy atom. The van der Waals surface area contributed by atoms with Crippen molar-refractivity contribution in [2.45, 2.75) is 26.3 Å². The van der Waals surface area contributed by atoms with Gasteiger partial charge < -0.3 is 10.6 Å². The number of aryl methyl sites for hydroxylation is 2. The van der Waals surface area contributed by atoms with Crippen molar-refractivity contribution in [2.75, 3.05) is 17.2 Å². The Hall–Kier alpha value is -2.03. The van der Waals surface area contributed by atoms with E-state index in [1.807, 2.05) is 0 Å². The van der Waals surface area contributed by atoms with Crippen molar-refractivity contribution in [1.29, 1.82) is 0 Å². The lowest BCUT2D eigenvalue weighted by molar-refractivity contribution is 0.599. The molecule has 0 saturated heterocycles. The zero-order chi connectivity index (χ0) is 14.1. The zero-order valence-electron chi connectivity index (χ0n) is 11.7. The summed E-state index contributed by atoms with van der Waals surface area (Å²) in [4.78, 5) is 2.23. The highest BCUT2D eigenvalue weighted by atomic mass is 19.1. The first-order valence-electron chi connectivity index (χ1n) is 7.02. The summed E-state index contributed by atoms with van der Waals surface area (Å²) < 4.78 is 13.9. The average molecular weight is 270 g/mol. The van der Waals surface area contributed by atoms with E-state index in [1.54, 1.807) is 12.1 Å². The van der Waals surface area contributed by atoms with Crippen LogP contribution in [0.4, 0.5) is 15.8 Å². The molecule has 0 aliphatic carbocycles. The second-order valence-electron chi connectivity index (χ2n) is 5.46. The second-order valence-corrected chi connectivity index (χ2v) is 5.46. The van der Waals surface area contributed by atoms with E-state index in [9.17, 15) is 4.39 Å². The number of benzene rings is 2. The van der Waals surface area contributed by atoms with Crippen LogP contribution in [0.2, 0.25) is 0 Å². The van der Waals surface area contributed by atoms with Crippen molar-refractivity contribution < 1.29 is 4.39 Å². The molecule has 0 fully saturated rings. The molecule has 0 saturated carbocycles. The summed E-state index contributed by atoms with van der Waals surface area (Å²) in [6.07, 6.45) is 2.20. The van der Waals surface area contributed by atoms with Crippen molar-refractivity contribution in [2.24, 2.45) is 0 Å². The van der Waals surface area contributed by atoms with Gasteiger partial charge in [0.2, 0.25) is 0 Å². The molecule has 0 bridgehead atoms. The molecule has 0 spiro atoms. The molecule has 2 nitrogen and oxygen atoms in total. The van der Waals surface area contributed by atoms with Crippen LogP contribution in [0.1, 0.15) is 23.1 Å². The second kappa shape index (κ2) is 5.16. The SMILES string of the molecule is Cc1ccc2c(c1)CCCN2Cc1c(N)cccc1F. The molecular weight excluding hydrogens is 251 g/mol. The van der Waals surface area contributed by atoms with Crippen LogP contribution in [0.5, 0.6) is 0 Å². The van der Waals surface area contributed by atoms with Crippen molar-refractivity contribution in [3.63, 3.8) is 0 Å². The number of halogens is 1. The molecule has 20 heavy (non-hydrogen) atoms. The van der Waals surface area contributed by atoms with Gasteiger partial charge in [-0.05, 0) is 43.5 Å². The normalized spacial score (nSPS) is 14.2. The van der Waals surface area contributed by atoms with Gasteiger partial charge in [0, 0.05) is 30.0 Å². The number of nitrogens with zero attached hydrogens (tertiary/aromatic N) is 1. The van der Waals surface area contributed by atoms with Gasteiger partial charge in [0.15, 0.2) is 0 Å². The lowest BCUT2D eigenvalue weighted by atomic mass is 9.99. The summed E-state index contributed by atoms with van der Waals surface area (Å²) in [5.74, 6) is -0.218. The molecule has 104 valence electrons. The molecule has 2 aromatic carbocycles. The fourth-order valence-electron chi connectivity index (χ4n) is 2.90. The highest BCUT2D eigenvalue weighted by molar-refractivity contribution is 5.58. The quantitative estimate of drug-likeness (QED) is 0.844. The molecule has 2 aromatic rings. The third-order valence-corrected chi connectivity index (χ3v) is 3.95. The van der Waals surface area contributed by atoms with Gasteiger partial charge in [-0.1, -0.05) is 23.8 Å². The molecule has 0 amide bonds. The molecule has 1 aliphatic heterocycles. The zero-order valence-corrected chi connectivity index (χ0v) is 11.7. The number of nitrogen functional groups attached to an aromatic ring is 1. The van der Waals surface area contributed by atoms with Crippen LogP contribution in [0.3, 0.4) is 0 Å². The Bertz CT molecular complexity index is 617. The number of nitrogens with two attached hydrogens (primary N) is 1. The Morgan fingerprint density at radius 3 is 2.90 bits per heavy atom. The van der Waals surface area contributed by atoms with E-state index in [-0.39, 0.29) is 5.82 Å². The largest absolute Gasteiger partial charge is 0.398 e. The highest BCUT2D eigenvalue weighted by Crippen LogP contribution is 2.30. The fourth-order valence-corrected chi connectivity index (χ4v) is 2.90. The smallest absolute Gasteiger partial charge is 0.130 e. The van der Waals surface area contributed by atoms with E-state index in [0.717, 1.165) is 19.4 Å². The molecule has 1 aliphatic rings. The molecule has 2 N–H and O–H groups in total. The predicted molar refractivity (Wildman–Crippen MR) is 81.4 cm³/mol. The Labute approximate surface area is 119 Å². The average Bonchev–Trinajstić information content (AvgIpc) is 2.42. The topological polar surface area (TPSA) is 29.3 Å². The van der Waals surface area contributed by atoms with Crippen LogP contribution in [-0.4, -0.2) is 6.54 Å². The molecule has 3 rings (SSSR count). The lowest BCUT2D eigenvalue weighted by Crippen LogP contribution is -2.29. The Kier molecular flexibility index (Phi) is 3.35. The van der Waals surface area contributed by atoms with E-state index < -0.39 is 0 Å². The summed E-state index contributed by atoms with van der Waals surface area (Å²) >= 11 is 0. The van der Waals surface area contributed by atoms with Crippen LogP contribution < -0.4 is 10.6 Å². The number of anilines is 2. The van der Waals surface area contributed by atoms with E-state index >= 15 is 0 Å². The molecule has 0 unspecified atom stereocenters. The van der Waals surface area contributed by atoms with E-state index in [0.29, 0.717) is 17.8 Å². The van der Waals surface area contributed by atoms with Gasteiger partial charge in [-0.3, -0.25) is 0 Å². The molecular formula is C17H19FN2. The summed E-state index contributed by atoms with van der Waals surface area (Å²) in [6.45, 7) is 3.59. The standard InChI is InChI=1S/C17H19FN2/c1-12-7-8-17-13(10-12)4-3-9-20(17)11-14-15(18)5-2-6-16(14)19/h2,5-8,10H,3-4,9,11,19H2,1H3. The van der Waals surface area contributed by atoms with Crippen LogP contribution in [0.15, 0.2) is 36.4 Å². The maximum Gasteiger partial charge on any atom is 0.130 e. The summed E-state index contributed by atoms with van der Waals surface area (Å²) in [7, 11) is 0. The van der Waals surface area contributed by atoms with Crippen LogP contribution in [-0.2, 0) is 13.0 Å². The summed E-state index contributed by atoms with van der Waals surface area (Å²) in [5, 5.41) is 0. The van der Waals surface area contributed by atoms with Gasteiger partial charge in [-0.15, -0.1) is 0 Å². The third-order valence-electron chi connectivity index (χ3n) is 3.95. The summed E-state index contributed by atoms with van der Waals surface area (Å²) in [6, 6.07) is 11.4. The monoisotopic (exact) mass is 270 g/mol. The molecule has 0 atom stereocenters. The summed E-state index contributed by atoms with van der Waals surface area (Å²) in [5.41, 5.74) is 10.9. The van der Waals surface area contributed by atoms with Gasteiger partial charge in [0.05, 0.1) is 0 Å². The van der Waals surface area contributed by atoms with E-state index in [4.69, 9.17) is 5.73 Å². The number of fused-ring (bicyclic) bond motifs is 1. The minimum atomic E-state index is -0.218. The first kappa shape index (κ1) is 13.0. The predicted octanol–water partition coefficient (Wildman–Crippen LogP) is 3.67. The number of hydrogen-bond donors (Lipinski definition) is 1. The van der Waals surface area contributed by atoms with Crippen LogP contribution in [0.25, 0.3) is 0 Å². The van der Waals surface area contributed by atoms with Gasteiger partial charge in [0.1, 0.15) is 5.82 Å². The van der Waals surface area contributed by atoms with Gasteiger partial charge in [-0.2, -0.15) is 0 Å². The molecule has 0 radical (unpaired) electrons. The maximum atomic E-state index is 13.9. The Balaban J connectivity index is 1.94. The molecule has 0 aromatic heterocycles. The van der Waals surface area contributed by atoms with Crippen LogP contribution in [0, 0.1) is 12.7 Å². The molecule has 3 heteroatoms. The Morgan fingerprint density at radius 1 is 1.25 bits per heavy atom. The van der Waals surface area contributed by atoms with E-state index in [1.165, 1.54) is 22.9 Å². The minimum Gasteiger partial charge on any atom is -0.398 e. The molecule has 1 heterocycles. The van der Waals surface area contributed by atoms with Gasteiger partial charge >= 0.3 is 0 Å². The fraction of sp³-hybridized carbons (Fsp3) is 0.294. The van der Waals surface area contributed by atoms with Gasteiger partial charge in [-0.25, -0.2) is 4.39 Å². The maximum absolute atomic E-state index is 13.9. The van der Waals surface area contributed by atoms with Crippen molar-refractivity contribution in [3.05, 3.63) is 58.9 Å². The number of hydrogen-bond acceptors (Lipinski definition) is 2. The van der Waals surface area contributed by atoms with Crippen molar-refractivity contribution >= 4 is 11.4 Å². The van der Waals surface area contributed by atoms with Crippen LogP contribution >= 0.6 is 0 Å². The third kappa shape index (κ3) is 2.36. The first-order valence-corrected chi connectivity index (χ1v) is 7.02. The highest BCUT2D eigenvalue weighted by Gasteiger charge is 2.19. The number of rotatable bonds is 2.